The Kier molecular flexibility index (Phi) is 4.55. The third-order valence-corrected chi connectivity index (χ3v) is 3.43. The number of hydrogen-bond acceptors (Lipinski definition) is 5. The molecule has 0 fully saturated rings. The van der Waals surface area contributed by atoms with Gasteiger partial charge in [0, 0.05) is 7.05 Å². The molecule has 2 rings (SSSR count). The summed E-state index contributed by atoms with van der Waals surface area (Å²) >= 11 is 0. The number of ether oxygens (including phenoxy) is 3. The van der Waals surface area contributed by atoms with Crippen molar-refractivity contribution in [3.8, 4) is 17.2 Å². The number of carbonyl (C=O) groups excluding carboxylic acids is 1. The lowest BCUT2D eigenvalue weighted by molar-refractivity contribution is 0.102. The van der Waals surface area contributed by atoms with Crippen LogP contribution in [0.3, 0.4) is 0 Å². The van der Waals surface area contributed by atoms with Gasteiger partial charge in [-0.05, 0) is 19.1 Å². The van der Waals surface area contributed by atoms with Crippen LogP contribution in [0.4, 0.5) is 5.69 Å². The molecule has 0 spiro atoms. The van der Waals surface area contributed by atoms with Crippen LogP contribution in [-0.4, -0.2) is 37.0 Å². The largest absolute Gasteiger partial charge is 0.493 e. The molecule has 22 heavy (non-hydrogen) atoms. The van der Waals surface area contributed by atoms with E-state index in [0.29, 0.717) is 28.5 Å². The average Bonchev–Trinajstić information content (AvgIpc) is 2.84. The Morgan fingerprint density at radius 2 is 1.82 bits per heavy atom. The van der Waals surface area contributed by atoms with Crippen molar-refractivity contribution in [3.63, 3.8) is 0 Å². The summed E-state index contributed by atoms with van der Waals surface area (Å²) in [5.74, 6) is 0.879. The second kappa shape index (κ2) is 6.38. The van der Waals surface area contributed by atoms with Crippen molar-refractivity contribution >= 4 is 11.6 Å². The van der Waals surface area contributed by atoms with Crippen molar-refractivity contribution in [1.29, 1.82) is 0 Å². The number of anilines is 1. The SMILES string of the molecule is COc1ccc(C(=O)Nc2cnn(C)c2C)c(OC)c1OC. The summed E-state index contributed by atoms with van der Waals surface area (Å²) in [5.41, 5.74) is 1.85. The van der Waals surface area contributed by atoms with E-state index >= 15 is 0 Å². The van der Waals surface area contributed by atoms with Crippen molar-refractivity contribution in [3.05, 3.63) is 29.6 Å². The Labute approximate surface area is 128 Å². The Morgan fingerprint density at radius 1 is 1.14 bits per heavy atom. The first-order chi connectivity index (χ1) is 10.5. The number of rotatable bonds is 5. The van der Waals surface area contributed by atoms with Crippen LogP contribution in [0.25, 0.3) is 0 Å². The predicted molar refractivity (Wildman–Crippen MR) is 82.0 cm³/mol. The van der Waals surface area contributed by atoms with Gasteiger partial charge in [0.1, 0.15) is 0 Å². The van der Waals surface area contributed by atoms with E-state index in [2.05, 4.69) is 10.4 Å². The molecule has 0 aliphatic rings. The highest BCUT2D eigenvalue weighted by molar-refractivity contribution is 6.07. The van der Waals surface area contributed by atoms with Gasteiger partial charge in [-0.25, -0.2) is 0 Å². The zero-order chi connectivity index (χ0) is 16.3. The number of benzene rings is 1. The number of amides is 1. The van der Waals surface area contributed by atoms with Gasteiger partial charge in [0.25, 0.3) is 5.91 Å². The first-order valence-electron chi connectivity index (χ1n) is 6.62. The third-order valence-electron chi connectivity index (χ3n) is 3.43. The number of aromatic nitrogens is 2. The molecule has 2 aromatic rings. The van der Waals surface area contributed by atoms with Crippen LogP contribution in [-0.2, 0) is 7.05 Å². The summed E-state index contributed by atoms with van der Waals surface area (Å²) in [6.07, 6.45) is 1.60. The second-order valence-corrected chi connectivity index (χ2v) is 4.60. The van der Waals surface area contributed by atoms with Gasteiger partial charge in [-0.15, -0.1) is 0 Å². The van der Waals surface area contributed by atoms with E-state index < -0.39 is 0 Å². The summed E-state index contributed by atoms with van der Waals surface area (Å²) in [5, 5.41) is 6.90. The van der Waals surface area contributed by atoms with Crippen LogP contribution >= 0.6 is 0 Å². The van der Waals surface area contributed by atoms with Crippen LogP contribution in [0.2, 0.25) is 0 Å². The molecule has 0 atom stereocenters. The molecule has 1 N–H and O–H groups in total. The lowest BCUT2D eigenvalue weighted by Gasteiger charge is -2.15. The van der Waals surface area contributed by atoms with Gasteiger partial charge in [0.15, 0.2) is 11.5 Å². The molecule has 0 radical (unpaired) electrons. The summed E-state index contributed by atoms with van der Waals surface area (Å²) in [6, 6.07) is 3.29. The van der Waals surface area contributed by atoms with E-state index in [0.717, 1.165) is 5.69 Å². The molecule has 7 nitrogen and oxygen atoms in total. The summed E-state index contributed by atoms with van der Waals surface area (Å²) in [7, 11) is 6.30. The third kappa shape index (κ3) is 2.69. The van der Waals surface area contributed by atoms with Gasteiger partial charge in [-0.1, -0.05) is 0 Å². The molecule has 0 aliphatic heterocycles. The van der Waals surface area contributed by atoms with Gasteiger partial charge >= 0.3 is 0 Å². The van der Waals surface area contributed by atoms with Gasteiger partial charge in [-0.2, -0.15) is 5.10 Å². The molecule has 0 saturated heterocycles. The molecular formula is C15H19N3O4. The molecule has 0 saturated carbocycles. The lowest BCUT2D eigenvalue weighted by Crippen LogP contribution is -2.14. The Bertz CT molecular complexity index is 694. The van der Waals surface area contributed by atoms with E-state index in [-0.39, 0.29) is 5.91 Å². The number of nitrogens with zero attached hydrogens (tertiary/aromatic N) is 2. The maximum atomic E-state index is 12.5. The fourth-order valence-corrected chi connectivity index (χ4v) is 2.09. The minimum Gasteiger partial charge on any atom is -0.493 e. The Hall–Kier alpha value is -2.70. The number of methoxy groups -OCH3 is 3. The van der Waals surface area contributed by atoms with Crippen LogP contribution < -0.4 is 19.5 Å². The van der Waals surface area contributed by atoms with E-state index in [1.807, 2.05) is 14.0 Å². The molecule has 1 aromatic heterocycles. The normalized spacial score (nSPS) is 10.2. The topological polar surface area (TPSA) is 74.6 Å². The quantitative estimate of drug-likeness (QED) is 0.914. The fourth-order valence-electron chi connectivity index (χ4n) is 2.09. The minimum absolute atomic E-state index is 0.311. The monoisotopic (exact) mass is 305 g/mol. The van der Waals surface area contributed by atoms with E-state index in [1.54, 1.807) is 23.0 Å². The summed E-state index contributed by atoms with van der Waals surface area (Å²) in [4.78, 5) is 12.5. The number of carbonyl (C=O) groups is 1. The van der Waals surface area contributed by atoms with Crippen molar-refractivity contribution in [2.24, 2.45) is 7.05 Å². The zero-order valence-corrected chi connectivity index (χ0v) is 13.3. The summed E-state index contributed by atoms with van der Waals surface area (Å²) in [6.45, 7) is 1.87. The first-order valence-corrected chi connectivity index (χ1v) is 6.62. The van der Waals surface area contributed by atoms with Gasteiger partial charge in [0.05, 0.1) is 44.5 Å². The van der Waals surface area contributed by atoms with Crippen molar-refractivity contribution < 1.29 is 19.0 Å². The number of aryl methyl sites for hydroxylation is 1. The summed E-state index contributed by atoms with van der Waals surface area (Å²) < 4.78 is 17.5. The van der Waals surface area contributed by atoms with Crippen molar-refractivity contribution in [2.45, 2.75) is 6.92 Å². The molecule has 1 amide bonds. The highest BCUT2D eigenvalue weighted by atomic mass is 16.5. The molecular weight excluding hydrogens is 286 g/mol. The Morgan fingerprint density at radius 3 is 2.32 bits per heavy atom. The smallest absolute Gasteiger partial charge is 0.259 e. The molecule has 1 aromatic carbocycles. The highest BCUT2D eigenvalue weighted by Gasteiger charge is 2.21. The van der Waals surface area contributed by atoms with E-state index in [4.69, 9.17) is 14.2 Å². The Balaban J connectivity index is 2.39. The standard InChI is InChI=1S/C15H19N3O4/c1-9-11(8-16-18(9)2)17-15(19)10-6-7-12(20-3)14(22-5)13(10)21-4/h6-8H,1-5H3,(H,17,19). The average molecular weight is 305 g/mol. The molecule has 7 heteroatoms. The first kappa shape index (κ1) is 15.7. The second-order valence-electron chi connectivity index (χ2n) is 4.60. The predicted octanol–water partition coefficient (Wildman–Crippen LogP) is 2.01. The minimum atomic E-state index is -0.311. The fraction of sp³-hybridized carbons (Fsp3) is 0.333. The number of nitrogens with one attached hydrogen (secondary N) is 1. The molecule has 0 aliphatic carbocycles. The molecule has 0 unspecified atom stereocenters. The van der Waals surface area contributed by atoms with Gasteiger partial charge in [-0.3, -0.25) is 9.48 Å². The van der Waals surface area contributed by atoms with Gasteiger partial charge < -0.3 is 19.5 Å². The van der Waals surface area contributed by atoms with Crippen LogP contribution in [0, 0.1) is 6.92 Å². The number of hydrogen-bond donors (Lipinski definition) is 1. The molecule has 0 bridgehead atoms. The highest BCUT2D eigenvalue weighted by Crippen LogP contribution is 2.39. The maximum absolute atomic E-state index is 12.5. The van der Waals surface area contributed by atoms with Gasteiger partial charge in [0.2, 0.25) is 5.75 Å². The van der Waals surface area contributed by atoms with Crippen molar-refractivity contribution in [1.82, 2.24) is 9.78 Å². The van der Waals surface area contributed by atoms with E-state index in [9.17, 15) is 4.79 Å². The molecule has 118 valence electrons. The lowest BCUT2D eigenvalue weighted by atomic mass is 10.1. The zero-order valence-electron chi connectivity index (χ0n) is 13.3. The maximum Gasteiger partial charge on any atom is 0.259 e. The van der Waals surface area contributed by atoms with Crippen LogP contribution in [0.15, 0.2) is 18.3 Å². The molecule has 1 heterocycles. The van der Waals surface area contributed by atoms with Crippen molar-refractivity contribution in [2.75, 3.05) is 26.6 Å². The van der Waals surface area contributed by atoms with Crippen LogP contribution in [0.1, 0.15) is 16.1 Å². The van der Waals surface area contributed by atoms with E-state index in [1.165, 1.54) is 21.3 Å². The van der Waals surface area contributed by atoms with Crippen LogP contribution in [0.5, 0.6) is 17.2 Å².